The lowest BCUT2D eigenvalue weighted by atomic mass is 10.2. The van der Waals surface area contributed by atoms with Gasteiger partial charge in [0.2, 0.25) is 0 Å². The fourth-order valence-corrected chi connectivity index (χ4v) is 2.03. The topological polar surface area (TPSA) is 60.4 Å². The molecule has 0 aromatic carbocycles. The molecule has 0 heterocycles. The molecular weight excluding hydrogens is 192 g/mol. The van der Waals surface area contributed by atoms with Gasteiger partial charge in [0.15, 0.2) is 9.84 Å². The average Bonchev–Trinajstić information content (AvgIpc) is 2.01. The van der Waals surface area contributed by atoms with Crippen molar-refractivity contribution in [3.05, 3.63) is 0 Å². The molecule has 0 bridgehead atoms. The van der Waals surface area contributed by atoms with E-state index in [4.69, 9.17) is 0 Å². The highest BCUT2D eigenvalue weighted by Gasteiger charge is 2.24. The van der Waals surface area contributed by atoms with Crippen LogP contribution >= 0.6 is 0 Å². The average molecular weight is 208 g/mol. The molecule has 13 heavy (non-hydrogen) atoms. The first-order valence-corrected chi connectivity index (χ1v) is 5.82. The highest BCUT2D eigenvalue weighted by Crippen LogP contribution is 2.08. The Labute approximate surface area is 79.2 Å². The van der Waals surface area contributed by atoms with Gasteiger partial charge in [0.05, 0.1) is 24.0 Å². The van der Waals surface area contributed by atoms with Crippen molar-refractivity contribution in [3.8, 4) is 0 Å². The van der Waals surface area contributed by atoms with Gasteiger partial charge in [0, 0.05) is 0 Å². The SMILES string of the molecule is COC(=O)C(C)CS(=O)(=O)C(C)C. The normalized spacial score (nSPS) is 14.2. The molecule has 0 spiro atoms. The highest BCUT2D eigenvalue weighted by atomic mass is 32.2. The van der Waals surface area contributed by atoms with E-state index in [0.29, 0.717) is 0 Å². The van der Waals surface area contributed by atoms with Crippen molar-refractivity contribution >= 4 is 15.8 Å². The van der Waals surface area contributed by atoms with E-state index in [0.717, 1.165) is 0 Å². The Morgan fingerprint density at radius 3 is 2.08 bits per heavy atom. The lowest BCUT2D eigenvalue weighted by molar-refractivity contribution is -0.144. The Morgan fingerprint density at radius 2 is 1.77 bits per heavy atom. The summed E-state index contributed by atoms with van der Waals surface area (Å²) < 4.78 is 27.1. The molecule has 0 fully saturated rings. The molecule has 78 valence electrons. The second-order valence-corrected chi connectivity index (χ2v) is 5.90. The monoisotopic (exact) mass is 208 g/mol. The van der Waals surface area contributed by atoms with Crippen molar-refractivity contribution in [3.63, 3.8) is 0 Å². The third-order valence-electron chi connectivity index (χ3n) is 1.80. The molecule has 0 aliphatic carbocycles. The molecule has 0 aliphatic heterocycles. The van der Waals surface area contributed by atoms with Gasteiger partial charge in [0.25, 0.3) is 0 Å². The van der Waals surface area contributed by atoms with Crippen LogP contribution < -0.4 is 0 Å². The van der Waals surface area contributed by atoms with Crippen LogP contribution in [-0.2, 0) is 19.4 Å². The second kappa shape index (κ2) is 4.60. The summed E-state index contributed by atoms with van der Waals surface area (Å²) in [7, 11) is -1.90. The Balaban J connectivity index is 4.38. The van der Waals surface area contributed by atoms with E-state index in [2.05, 4.69) is 4.74 Å². The van der Waals surface area contributed by atoms with Gasteiger partial charge in [-0.2, -0.15) is 0 Å². The summed E-state index contributed by atoms with van der Waals surface area (Å²) in [4.78, 5) is 10.9. The standard InChI is InChI=1S/C8H16O4S/c1-6(2)13(10,11)5-7(3)8(9)12-4/h6-7H,5H2,1-4H3. The van der Waals surface area contributed by atoms with E-state index >= 15 is 0 Å². The third-order valence-corrected chi connectivity index (χ3v) is 4.21. The number of carbonyl (C=O) groups is 1. The molecule has 0 saturated carbocycles. The van der Waals surface area contributed by atoms with Crippen molar-refractivity contribution in [2.24, 2.45) is 5.92 Å². The van der Waals surface area contributed by atoms with E-state index in [1.807, 2.05) is 0 Å². The maximum Gasteiger partial charge on any atom is 0.309 e. The number of methoxy groups -OCH3 is 1. The molecule has 0 aromatic heterocycles. The maximum absolute atomic E-state index is 11.4. The van der Waals surface area contributed by atoms with Gasteiger partial charge in [-0.15, -0.1) is 0 Å². The molecule has 4 nitrogen and oxygen atoms in total. The lowest BCUT2D eigenvalue weighted by Gasteiger charge is -2.11. The predicted molar refractivity (Wildman–Crippen MR) is 50.1 cm³/mol. The summed E-state index contributed by atoms with van der Waals surface area (Å²) in [5, 5.41) is -0.445. The maximum atomic E-state index is 11.4. The van der Waals surface area contributed by atoms with Crippen molar-refractivity contribution < 1.29 is 17.9 Å². The largest absolute Gasteiger partial charge is 0.469 e. The Kier molecular flexibility index (Phi) is 4.39. The van der Waals surface area contributed by atoms with E-state index < -0.39 is 27.0 Å². The molecule has 5 heteroatoms. The third kappa shape index (κ3) is 3.76. The summed E-state index contributed by atoms with van der Waals surface area (Å²) in [6, 6.07) is 0. The Morgan fingerprint density at radius 1 is 1.31 bits per heavy atom. The molecule has 0 N–H and O–H groups in total. The molecule has 0 radical (unpaired) electrons. The van der Waals surface area contributed by atoms with Crippen LogP contribution in [-0.4, -0.2) is 32.5 Å². The first-order valence-electron chi connectivity index (χ1n) is 4.10. The molecule has 0 aliphatic rings. The van der Waals surface area contributed by atoms with Crippen LogP contribution in [0.5, 0.6) is 0 Å². The number of carbonyl (C=O) groups excluding carboxylic acids is 1. The fourth-order valence-electron chi connectivity index (χ4n) is 0.810. The van der Waals surface area contributed by atoms with Crippen molar-refractivity contribution in [1.29, 1.82) is 0 Å². The molecular formula is C8H16O4S. The molecule has 1 unspecified atom stereocenters. The van der Waals surface area contributed by atoms with Gasteiger partial charge in [-0.1, -0.05) is 6.92 Å². The molecule has 0 amide bonds. The molecule has 1 atom stereocenters. The summed E-state index contributed by atoms with van der Waals surface area (Å²) in [6.45, 7) is 4.74. The van der Waals surface area contributed by atoms with Crippen LogP contribution in [0, 0.1) is 5.92 Å². The van der Waals surface area contributed by atoms with Gasteiger partial charge in [-0.25, -0.2) is 8.42 Å². The minimum atomic E-state index is -3.15. The number of rotatable bonds is 4. The zero-order valence-corrected chi connectivity index (χ0v) is 9.22. The minimum Gasteiger partial charge on any atom is -0.469 e. The minimum absolute atomic E-state index is 0.142. The number of hydrogen-bond acceptors (Lipinski definition) is 4. The van der Waals surface area contributed by atoms with Gasteiger partial charge in [-0.05, 0) is 13.8 Å². The lowest BCUT2D eigenvalue weighted by Crippen LogP contribution is -2.27. The molecule has 0 rings (SSSR count). The van der Waals surface area contributed by atoms with Crippen LogP contribution in [0.15, 0.2) is 0 Å². The second-order valence-electron chi connectivity index (χ2n) is 3.30. The van der Waals surface area contributed by atoms with Crippen molar-refractivity contribution in [2.45, 2.75) is 26.0 Å². The number of sulfone groups is 1. The summed E-state index contributed by atoms with van der Waals surface area (Å²) in [5.41, 5.74) is 0. The fraction of sp³-hybridized carbons (Fsp3) is 0.875. The summed E-state index contributed by atoms with van der Waals surface area (Å²) >= 11 is 0. The van der Waals surface area contributed by atoms with Crippen LogP contribution in [0.1, 0.15) is 20.8 Å². The smallest absolute Gasteiger partial charge is 0.309 e. The van der Waals surface area contributed by atoms with Crippen LogP contribution in [0.2, 0.25) is 0 Å². The predicted octanol–water partition coefficient (Wildman–Crippen LogP) is 0.619. The van der Waals surface area contributed by atoms with Gasteiger partial charge >= 0.3 is 5.97 Å². The highest BCUT2D eigenvalue weighted by molar-refractivity contribution is 7.92. The number of esters is 1. The van der Waals surface area contributed by atoms with Crippen LogP contribution in [0.25, 0.3) is 0 Å². The first kappa shape index (κ1) is 12.4. The number of ether oxygens (including phenoxy) is 1. The molecule has 0 saturated heterocycles. The van der Waals surface area contributed by atoms with Crippen LogP contribution in [0.4, 0.5) is 0 Å². The van der Waals surface area contributed by atoms with Gasteiger partial charge < -0.3 is 4.74 Å². The van der Waals surface area contributed by atoms with Crippen molar-refractivity contribution in [1.82, 2.24) is 0 Å². The number of hydrogen-bond donors (Lipinski definition) is 0. The zero-order valence-electron chi connectivity index (χ0n) is 8.40. The first-order chi connectivity index (χ1) is 5.81. The Bertz CT molecular complexity index is 266. The van der Waals surface area contributed by atoms with Gasteiger partial charge in [0.1, 0.15) is 0 Å². The van der Waals surface area contributed by atoms with E-state index in [1.54, 1.807) is 20.8 Å². The van der Waals surface area contributed by atoms with E-state index in [1.165, 1.54) is 7.11 Å². The van der Waals surface area contributed by atoms with Crippen LogP contribution in [0.3, 0.4) is 0 Å². The molecule has 0 aromatic rings. The van der Waals surface area contributed by atoms with E-state index in [9.17, 15) is 13.2 Å². The summed E-state index contributed by atoms with van der Waals surface area (Å²) in [6.07, 6.45) is 0. The Hall–Kier alpha value is -0.580. The zero-order chi connectivity index (χ0) is 10.6. The van der Waals surface area contributed by atoms with Crippen molar-refractivity contribution in [2.75, 3.05) is 12.9 Å². The van der Waals surface area contributed by atoms with E-state index in [-0.39, 0.29) is 5.75 Å². The van der Waals surface area contributed by atoms with Gasteiger partial charge in [-0.3, -0.25) is 4.79 Å². The summed E-state index contributed by atoms with van der Waals surface area (Å²) in [5.74, 6) is -1.21. The quantitative estimate of drug-likeness (QED) is 0.635.